The molecule has 1 atom stereocenters. The number of nitrogens with one attached hydrogen (secondary N) is 1. The Kier molecular flexibility index (Phi) is 9.82. The van der Waals surface area contributed by atoms with Crippen molar-refractivity contribution in [3.63, 3.8) is 0 Å². The van der Waals surface area contributed by atoms with Crippen LogP contribution in [0.25, 0.3) is 0 Å². The Balaban J connectivity index is 1.87. The van der Waals surface area contributed by atoms with Crippen molar-refractivity contribution < 1.29 is 41.0 Å². The maximum atomic E-state index is 15.2. The van der Waals surface area contributed by atoms with Gasteiger partial charge in [-0.05, 0) is 74.4 Å². The first-order valence-corrected chi connectivity index (χ1v) is 13.9. The summed E-state index contributed by atoms with van der Waals surface area (Å²) in [4.78, 5) is 30.4. The number of alkyl halides is 3. The molecule has 0 aliphatic carbocycles. The molecule has 4 aromatic rings. The molecule has 0 radical (unpaired) electrons. The molecule has 1 heterocycles. The molecule has 0 saturated heterocycles. The third-order valence-corrected chi connectivity index (χ3v) is 6.70. The lowest BCUT2D eigenvalue weighted by atomic mass is 9.80. The lowest BCUT2D eigenvalue weighted by molar-refractivity contribution is -0.157. The van der Waals surface area contributed by atoms with Gasteiger partial charge in [0.05, 0.1) is 16.3 Å². The first-order chi connectivity index (χ1) is 21.1. The van der Waals surface area contributed by atoms with Crippen molar-refractivity contribution in [1.82, 2.24) is 10.3 Å². The molecule has 0 bridgehead atoms. The summed E-state index contributed by atoms with van der Waals surface area (Å²) in [6.07, 6.45) is -3.85. The third kappa shape index (κ3) is 8.57. The van der Waals surface area contributed by atoms with Crippen LogP contribution >= 0.6 is 11.6 Å². The van der Waals surface area contributed by atoms with Crippen molar-refractivity contribution in [2.45, 2.75) is 44.5 Å². The number of ether oxygens (including phenoxy) is 2. The van der Waals surface area contributed by atoms with Gasteiger partial charge in [0, 0.05) is 24.2 Å². The smallest absolute Gasteiger partial charge is 0.419 e. The largest absolute Gasteiger partial charge is 0.482 e. The molecule has 4 rings (SSSR count). The van der Waals surface area contributed by atoms with Gasteiger partial charge >= 0.3 is 12.1 Å². The molecule has 45 heavy (non-hydrogen) atoms. The average molecular weight is 647 g/mol. The Morgan fingerprint density at radius 1 is 0.911 bits per heavy atom. The molecule has 0 aliphatic rings. The zero-order chi connectivity index (χ0) is 33.0. The number of pyridine rings is 1. The Labute approximate surface area is 261 Å². The highest BCUT2D eigenvalue weighted by Crippen LogP contribution is 2.37. The first kappa shape index (κ1) is 33.4. The van der Waals surface area contributed by atoms with Gasteiger partial charge in [0.15, 0.2) is 6.61 Å². The minimum atomic E-state index is -5.07. The standard InChI is InChI=1S/C33H28ClF5N2O4/c1-31(2,3)45-29(42)19-44-25-15-22(14-24(35)16-25)32(17-20-7-5-4-6-8-20,28-12-10-23(34)18-40-28)41-30(43)21-9-11-27(36)26(13-21)33(37,38)39/h4-16,18H,17,19H2,1-3H3,(H,41,43). The molecule has 1 amide bonds. The van der Waals surface area contributed by atoms with Crippen molar-refractivity contribution >= 4 is 23.5 Å². The first-order valence-electron chi connectivity index (χ1n) is 13.6. The molecular weight excluding hydrogens is 619 g/mol. The number of hydrogen-bond donors (Lipinski definition) is 1. The molecule has 0 spiro atoms. The minimum Gasteiger partial charge on any atom is -0.482 e. The van der Waals surface area contributed by atoms with E-state index < -0.39 is 58.6 Å². The number of esters is 1. The number of aromatic nitrogens is 1. The van der Waals surface area contributed by atoms with E-state index in [2.05, 4.69) is 10.3 Å². The van der Waals surface area contributed by atoms with E-state index in [9.17, 15) is 27.2 Å². The normalized spacial score (nSPS) is 13.1. The zero-order valence-corrected chi connectivity index (χ0v) is 25.1. The van der Waals surface area contributed by atoms with E-state index in [1.807, 2.05) is 0 Å². The van der Waals surface area contributed by atoms with E-state index in [0.29, 0.717) is 17.7 Å². The van der Waals surface area contributed by atoms with E-state index >= 15 is 4.39 Å². The van der Waals surface area contributed by atoms with Crippen molar-refractivity contribution in [1.29, 1.82) is 0 Å². The summed E-state index contributed by atoms with van der Waals surface area (Å²) in [5.74, 6) is -4.21. The quantitative estimate of drug-likeness (QED) is 0.149. The van der Waals surface area contributed by atoms with Gasteiger partial charge in [-0.15, -0.1) is 0 Å². The van der Waals surface area contributed by atoms with Gasteiger partial charge in [-0.1, -0.05) is 41.9 Å². The molecule has 0 saturated carbocycles. The topological polar surface area (TPSA) is 77.5 Å². The molecule has 1 aromatic heterocycles. The molecule has 6 nitrogen and oxygen atoms in total. The molecule has 0 aliphatic heterocycles. The monoisotopic (exact) mass is 646 g/mol. The second-order valence-electron chi connectivity index (χ2n) is 11.1. The van der Waals surface area contributed by atoms with Crippen LogP contribution in [0.15, 0.2) is 85.1 Å². The Morgan fingerprint density at radius 3 is 2.24 bits per heavy atom. The van der Waals surface area contributed by atoms with Crippen LogP contribution in [0.5, 0.6) is 5.75 Å². The van der Waals surface area contributed by atoms with Crippen molar-refractivity contribution in [3.8, 4) is 5.75 Å². The third-order valence-electron chi connectivity index (χ3n) is 6.48. The van der Waals surface area contributed by atoms with Gasteiger partial charge in [-0.25, -0.2) is 13.6 Å². The summed E-state index contributed by atoms with van der Waals surface area (Å²) in [7, 11) is 0. The Hall–Kier alpha value is -4.51. The van der Waals surface area contributed by atoms with Crippen molar-refractivity contribution in [2.24, 2.45) is 0 Å². The lowest BCUT2D eigenvalue weighted by Gasteiger charge is -2.36. The van der Waals surface area contributed by atoms with Crippen LogP contribution in [0.2, 0.25) is 5.02 Å². The highest BCUT2D eigenvalue weighted by molar-refractivity contribution is 6.30. The second-order valence-corrected chi connectivity index (χ2v) is 11.6. The van der Waals surface area contributed by atoms with Gasteiger partial charge < -0.3 is 14.8 Å². The van der Waals surface area contributed by atoms with Crippen LogP contribution < -0.4 is 10.1 Å². The number of rotatable bonds is 9. The zero-order valence-electron chi connectivity index (χ0n) is 24.3. The van der Waals surface area contributed by atoms with E-state index in [0.717, 1.165) is 18.2 Å². The maximum Gasteiger partial charge on any atom is 0.419 e. The fraction of sp³-hybridized carbons (Fsp3) is 0.242. The Bertz CT molecular complexity index is 1680. The van der Waals surface area contributed by atoms with Crippen molar-refractivity contribution in [2.75, 3.05) is 6.61 Å². The van der Waals surface area contributed by atoms with Crippen molar-refractivity contribution in [3.05, 3.63) is 130 Å². The van der Waals surface area contributed by atoms with Gasteiger partial charge in [-0.3, -0.25) is 9.78 Å². The number of benzene rings is 3. The summed E-state index contributed by atoms with van der Waals surface area (Å²) < 4.78 is 80.7. The number of amides is 1. The van der Waals surface area contributed by atoms with Gasteiger partial charge in [0.2, 0.25) is 0 Å². The molecule has 236 valence electrons. The minimum absolute atomic E-state index is 0.0729. The summed E-state index contributed by atoms with van der Waals surface area (Å²) in [5.41, 5.74) is -3.83. The summed E-state index contributed by atoms with van der Waals surface area (Å²) >= 11 is 6.10. The Morgan fingerprint density at radius 2 is 1.62 bits per heavy atom. The SMILES string of the molecule is CC(C)(C)OC(=O)COc1cc(F)cc(C(Cc2ccccc2)(NC(=O)c2ccc(F)c(C(F)(F)F)c2)c2ccc(Cl)cn2)c1. The van der Waals surface area contributed by atoms with Crippen LogP contribution in [-0.2, 0) is 27.7 Å². The second kappa shape index (κ2) is 13.2. The summed E-state index contributed by atoms with van der Waals surface area (Å²) in [6.45, 7) is 4.45. The lowest BCUT2D eigenvalue weighted by Crippen LogP contribution is -2.49. The van der Waals surface area contributed by atoms with Gasteiger partial charge in [0.1, 0.15) is 28.5 Å². The van der Waals surface area contributed by atoms with Crippen LogP contribution in [0.3, 0.4) is 0 Å². The number of carbonyl (C=O) groups excluding carboxylic acids is 2. The van der Waals surface area contributed by atoms with Gasteiger partial charge in [0.25, 0.3) is 5.91 Å². The molecule has 1 unspecified atom stereocenters. The van der Waals surface area contributed by atoms with Crippen LogP contribution in [0, 0.1) is 11.6 Å². The average Bonchev–Trinajstić information content (AvgIpc) is 2.95. The van der Waals surface area contributed by atoms with E-state index in [1.54, 1.807) is 51.1 Å². The number of carbonyl (C=O) groups is 2. The fourth-order valence-electron chi connectivity index (χ4n) is 4.61. The maximum absolute atomic E-state index is 15.2. The number of halogens is 6. The van der Waals surface area contributed by atoms with E-state index in [1.165, 1.54) is 24.4 Å². The highest BCUT2D eigenvalue weighted by atomic mass is 35.5. The van der Waals surface area contributed by atoms with E-state index in [-0.39, 0.29) is 28.5 Å². The number of nitrogens with zero attached hydrogens (tertiary/aromatic N) is 1. The van der Waals surface area contributed by atoms with E-state index in [4.69, 9.17) is 21.1 Å². The molecule has 0 fully saturated rings. The molecule has 3 aromatic carbocycles. The molecule has 12 heteroatoms. The fourth-order valence-corrected chi connectivity index (χ4v) is 4.72. The predicted molar refractivity (Wildman–Crippen MR) is 157 cm³/mol. The van der Waals surface area contributed by atoms with Gasteiger partial charge in [-0.2, -0.15) is 13.2 Å². The highest BCUT2D eigenvalue weighted by Gasteiger charge is 2.40. The molecular formula is C33H28ClF5N2O4. The van der Waals surface area contributed by atoms with Crippen LogP contribution in [0.4, 0.5) is 22.0 Å². The van der Waals surface area contributed by atoms with Crippen LogP contribution in [0.1, 0.15) is 53.5 Å². The predicted octanol–water partition coefficient (Wildman–Crippen LogP) is 7.67. The number of hydrogen-bond acceptors (Lipinski definition) is 5. The van der Waals surface area contributed by atoms with Crippen LogP contribution in [-0.4, -0.2) is 29.1 Å². The summed E-state index contributed by atoms with van der Waals surface area (Å²) in [5, 5.41) is 2.99. The summed E-state index contributed by atoms with van der Waals surface area (Å²) in [6, 6.07) is 17.0. The molecule has 1 N–H and O–H groups in total.